The highest BCUT2D eigenvalue weighted by molar-refractivity contribution is 6.09. The molecule has 0 bridgehead atoms. The van der Waals surface area contributed by atoms with E-state index in [-0.39, 0.29) is 5.41 Å². The average Bonchev–Trinajstić information content (AvgIpc) is 3.84. The van der Waals surface area contributed by atoms with Crippen LogP contribution in [-0.2, 0) is 5.41 Å². The van der Waals surface area contributed by atoms with E-state index in [4.69, 9.17) is 23.8 Å². The van der Waals surface area contributed by atoms with Gasteiger partial charge in [0.05, 0.1) is 5.56 Å². The fourth-order valence-corrected chi connectivity index (χ4v) is 8.25. The summed E-state index contributed by atoms with van der Waals surface area (Å²) in [5.74, 6) is 1.78. The van der Waals surface area contributed by atoms with Crippen LogP contribution < -0.4 is 0 Å². The van der Waals surface area contributed by atoms with E-state index in [1.807, 2.05) is 72.8 Å². The molecule has 5 nitrogen and oxygen atoms in total. The quantitative estimate of drug-likeness (QED) is 0.185. The Balaban J connectivity index is 1.06. The molecule has 53 heavy (non-hydrogen) atoms. The van der Waals surface area contributed by atoms with Gasteiger partial charge in [0.2, 0.25) is 0 Å². The molecule has 0 saturated carbocycles. The summed E-state index contributed by atoms with van der Waals surface area (Å²) in [6.45, 7) is 4.61. The summed E-state index contributed by atoms with van der Waals surface area (Å²) in [5.41, 5.74) is 13.3. The number of para-hydroxylation sites is 3. The number of fused-ring (bicyclic) bond motifs is 9. The van der Waals surface area contributed by atoms with Crippen LogP contribution in [0.2, 0.25) is 0 Å². The molecule has 0 fully saturated rings. The standard InChI is InChI=1S/C48H31N3O2/c1-48(2)39-23-22-30(25-36(39)37-26-38-33-17-7-8-20-41(33)52-43(38)27-40(37)48)29-14-10-15-31(24-29)46-49-45(28-12-4-3-5-13-28)50-47(51-46)35-19-11-18-34-32-16-6-9-21-42(32)53-44(34)35/h3-27H,1-2H3. The van der Waals surface area contributed by atoms with Crippen LogP contribution in [0.5, 0.6) is 0 Å². The zero-order chi connectivity index (χ0) is 35.3. The molecule has 0 N–H and O–H groups in total. The summed E-state index contributed by atoms with van der Waals surface area (Å²) < 4.78 is 12.7. The van der Waals surface area contributed by atoms with Crippen molar-refractivity contribution in [2.45, 2.75) is 19.3 Å². The molecule has 0 unspecified atom stereocenters. The van der Waals surface area contributed by atoms with Gasteiger partial charge in [-0.2, -0.15) is 0 Å². The normalized spacial score (nSPS) is 13.2. The maximum Gasteiger partial charge on any atom is 0.167 e. The molecule has 0 aliphatic heterocycles. The van der Waals surface area contributed by atoms with Gasteiger partial charge in [-0.1, -0.05) is 123 Å². The third-order valence-corrected chi connectivity index (χ3v) is 10.9. The Morgan fingerprint density at radius 3 is 1.81 bits per heavy atom. The van der Waals surface area contributed by atoms with Crippen LogP contribution in [0.25, 0.3) is 100 Å². The second kappa shape index (κ2) is 11.1. The lowest BCUT2D eigenvalue weighted by Crippen LogP contribution is -2.14. The largest absolute Gasteiger partial charge is 0.456 e. The smallest absolute Gasteiger partial charge is 0.167 e. The van der Waals surface area contributed by atoms with E-state index in [2.05, 4.69) is 92.7 Å². The van der Waals surface area contributed by atoms with Crippen LogP contribution in [0, 0.1) is 0 Å². The van der Waals surface area contributed by atoms with Gasteiger partial charge in [-0.05, 0) is 75.8 Å². The van der Waals surface area contributed by atoms with E-state index in [1.54, 1.807) is 0 Å². The molecule has 1 aliphatic carbocycles. The predicted molar refractivity (Wildman–Crippen MR) is 214 cm³/mol. The molecule has 0 saturated heterocycles. The van der Waals surface area contributed by atoms with Gasteiger partial charge >= 0.3 is 0 Å². The molecule has 5 heteroatoms. The van der Waals surface area contributed by atoms with E-state index in [1.165, 1.54) is 22.3 Å². The van der Waals surface area contributed by atoms with Crippen LogP contribution >= 0.6 is 0 Å². The molecule has 3 heterocycles. The average molecular weight is 682 g/mol. The van der Waals surface area contributed by atoms with Gasteiger partial charge in [0.15, 0.2) is 17.5 Å². The van der Waals surface area contributed by atoms with Crippen molar-refractivity contribution >= 4 is 43.9 Å². The summed E-state index contributed by atoms with van der Waals surface area (Å²) in [4.78, 5) is 15.2. The SMILES string of the molecule is CC1(C)c2ccc(-c3cccc(-c4nc(-c5ccccc5)nc(-c5cccc6c5oc5ccccc56)n4)c3)cc2-c2cc3c(cc21)oc1ccccc13. The van der Waals surface area contributed by atoms with Crippen molar-refractivity contribution in [1.82, 2.24) is 15.0 Å². The first-order valence-electron chi connectivity index (χ1n) is 17.9. The molecule has 3 aromatic heterocycles. The summed E-state index contributed by atoms with van der Waals surface area (Å²) in [7, 11) is 0. The van der Waals surface area contributed by atoms with Crippen molar-refractivity contribution in [2.75, 3.05) is 0 Å². The van der Waals surface area contributed by atoms with Crippen molar-refractivity contribution in [3.05, 3.63) is 163 Å². The number of benzene rings is 7. The maximum atomic E-state index is 6.42. The lowest BCUT2D eigenvalue weighted by Gasteiger charge is -2.21. The van der Waals surface area contributed by atoms with Crippen LogP contribution in [0.15, 0.2) is 160 Å². The topological polar surface area (TPSA) is 65.0 Å². The fourth-order valence-electron chi connectivity index (χ4n) is 8.25. The molecular formula is C48H31N3O2. The van der Waals surface area contributed by atoms with Crippen LogP contribution in [0.3, 0.4) is 0 Å². The third-order valence-electron chi connectivity index (χ3n) is 10.9. The first-order valence-corrected chi connectivity index (χ1v) is 17.9. The van der Waals surface area contributed by atoms with Gasteiger partial charge in [0, 0.05) is 38.1 Å². The number of hydrogen-bond acceptors (Lipinski definition) is 5. The van der Waals surface area contributed by atoms with Crippen molar-refractivity contribution < 1.29 is 8.83 Å². The minimum absolute atomic E-state index is 0.157. The highest BCUT2D eigenvalue weighted by Crippen LogP contribution is 2.51. The summed E-state index contributed by atoms with van der Waals surface area (Å²) in [6, 6.07) is 52.6. The molecule has 10 aromatic rings. The number of hydrogen-bond donors (Lipinski definition) is 0. The summed E-state index contributed by atoms with van der Waals surface area (Å²) in [5, 5.41) is 4.39. The predicted octanol–water partition coefficient (Wildman–Crippen LogP) is 12.6. The highest BCUT2D eigenvalue weighted by atomic mass is 16.3. The van der Waals surface area contributed by atoms with Crippen LogP contribution in [-0.4, -0.2) is 15.0 Å². The van der Waals surface area contributed by atoms with E-state index >= 15 is 0 Å². The van der Waals surface area contributed by atoms with Crippen molar-refractivity contribution in [2.24, 2.45) is 0 Å². The van der Waals surface area contributed by atoms with Gasteiger partial charge in [0.1, 0.15) is 22.3 Å². The van der Waals surface area contributed by atoms with Crippen molar-refractivity contribution in [3.8, 4) is 56.4 Å². The van der Waals surface area contributed by atoms with Gasteiger partial charge in [-0.15, -0.1) is 0 Å². The molecule has 1 aliphatic rings. The van der Waals surface area contributed by atoms with Crippen LogP contribution in [0.1, 0.15) is 25.0 Å². The zero-order valence-electron chi connectivity index (χ0n) is 29.1. The molecule has 0 atom stereocenters. The number of aromatic nitrogens is 3. The molecule has 11 rings (SSSR count). The van der Waals surface area contributed by atoms with Crippen molar-refractivity contribution in [1.29, 1.82) is 0 Å². The number of furan rings is 2. The monoisotopic (exact) mass is 681 g/mol. The Kier molecular flexibility index (Phi) is 6.23. The summed E-state index contributed by atoms with van der Waals surface area (Å²) in [6.07, 6.45) is 0. The van der Waals surface area contributed by atoms with Gasteiger partial charge in [0.25, 0.3) is 0 Å². The summed E-state index contributed by atoms with van der Waals surface area (Å²) >= 11 is 0. The number of rotatable bonds is 4. The Morgan fingerprint density at radius 1 is 0.377 bits per heavy atom. The second-order valence-electron chi connectivity index (χ2n) is 14.4. The number of nitrogens with zero attached hydrogens (tertiary/aromatic N) is 3. The van der Waals surface area contributed by atoms with Gasteiger partial charge < -0.3 is 8.83 Å². The third kappa shape index (κ3) is 4.54. The Morgan fingerprint density at radius 2 is 0.981 bits per heavy atom. The van der Waals surface area contributed by atoms with Crippen molar-refractivity contribution in [3.63, 3.8) is 0 Å². The maximum absolute atomic E-state index is 6.42. The highest BCUT2D eigenvalue weighted by Gasteiger charge is 2.36. The lowest BCUT2D eigenvalue weighted by molar-refractivity contribution is 0.647. The molecule has 0 amide bonds. The molecule has 7 aromatic carbocycles. The zero-order valence-corrected chi connectivity index (χ0v) is 29.1. The fraction of sp³-hybridized carbons (Fsp3) is 0.0625. The molecular weight excluding hydrogens is 651 g/mol. The van der Waals surface area contributed by atoms with E-state index < -0.39 is 0 Å². The van der Waals surface area contributed by atoms with Gasteiger partial charge in [-0.3, -0.25) is 0 Å². The molecule has 0 spiro atoms. The van der Waals surface area contributed by atoms with E-state index in [9.17, 15) is 0 Å². The Bertz CT molecular complexity index is 3100. The Hall–Kier alpha value is -6.85. The molecule has 250 valence electrons. The minimum atomic E-state index is -0.157. The molecule has 0 radical (unpaired) electrons. The van der Waals surface area contributed by atoms with E-state index in [0.29, 0.717) is 17.5 Å². The lowest BCUT2D eigenvalue weighted by atomic mass is 9.82. The van der Waals surface area contributed by atoms with Gasteiger partial charge in [-0.25, -0.2) is 15.0 Å². The Labute approximate surface area is 305 Å². The van der Waals surface area contributed by atoms with E-state index in [0.717, 1.165) is 71.7 Å². The second-order valence-corrected chi connectivity index (χ2v) is 14.4. The minimum Gasteiger partial charge on any atom is -0.456 e. The first-order chi connectivity index (χ1) is 26.0. The van der Waals surface area contributed by atoms with Crippen LogP contribution in [0.4, 0.5) is 0 Å². The first kappa shape index (κ1) is 29.8.